The highest BCUT2D eigenvalue weighted by molar-refractivity contribution is 7.90. The SMILES string of the molecule is CCS(=O)(=O)n1cc(C=O)c2ccccc21.Cn1cc(C(N)=O)c(=O)c2ccccc21. The molecule has 9 heteroatoms. The average molecular weight is 439 g/mol. The number of aryl methyl sites for hydroxylation is 1. The third-order valence-electron chi connectivity index (χ3n) is 4.86. The lowest BCUT2D eigenvalue weighted by Crippen LogP contribution is -2.23. The van der Waals surface area contributed by atoms with E-state index in [-0.39, 0.29) is 16.7 Å². The number of rotatable bonds is 4. The fraction of sp³-hybridized carbons (Fsp3) is 0.136. The normalized spacial score (nSPS) is 11.2. The van der Waals surface area contributed by atoms with E-state index < -0.39 is 15.9 Å². The molecule has 0 unspecified atom stereocenters. The maximum Gasteiger partial charge on any atom is 0.254 e. The number of para-hydroxylation sites is 2. The van der Waals surface area contributed by atoms with E-state index in [0.29, 0.717) is 28.1 Å². The summed E-state index contributed by atoms with van der Waals surface area (Å²) in [5.74, 6) is -0.689. The predicted octanol–water partition coefficient (Wildman–Crippen LogP) is 2.29. The van der Waals surface area contributed by atoms with E-state index >= 15 is 0 Å². The molecule has 0 aliphatic heterocycles. The minimum Gasteiger partial charge on any atom is -0.365 e. The minimum absolute atomic E-state index is 0.00394. The van der Waals surface area contributed by atoms with Gasteiger partial charge in [0.15, 0.2) is 6.29 Å². The quantitative estimate of drug-likeness (QED) is 0.489. The van der Waals surface area contributed by atoms with Crippen molar-refractivity contribution < 1.29 is 18.0 Å². The van der Waals surface area contributed by atoms with E-state index in [1.165, 1.54) is 16.4 Å². The number of aldehydes is 1. The topological polar surface area (TPSA) is 121 Å². The number of nitrogens with zero attached hydrogens (tertiary/aromatic N) is 2. The van der Waals surface area contributed by atoms with Crippen LogP contribution < -0.4 is 11.2 Å². The van der Waals surface area contributed by atoms with Gasteiger partial charge in [0, 0.05) is 35.8 Å². The highest BCUT2D eigenvalue weighted by atomic mass is 32.2. The van der Waals surface area contributed by atoms with E-state index in [2.05, 4.69) is 0 Å². The summed E-state index contributed by atoms with van der Waals surface area (Å²) < 4.78 is 26.5. The van der Waals surface area contributed by atoms with Gasteiger partial charge in [-0.2, -0.15) is 0 Å². The molecule has 0 saturated heterocycles. The Bertz CT molecular complexity index is 1470. The Morgan fingerprint density at radius 3 is 2.16 bits per heavy atom. The second kappa shape index (κ2) is 8.57. The first-order valence-electron chi connectivity index (χ1n) is 9.38. The Morgan fingerprint density at radius 1 is 1.00 bits per heavy atom. The zero-order valence-electron chi connectivity index (χ0n) is 17.0. The Labute approximate surface area is 178 Å². The first-order valence-corrected chi connectivity index (χ1v) is 11.0. The van der Waals surface area contributed by atoms with Crippen LogP contribution in [0.4, 0.5) is 0 Å². The molecule has 0 bridgehead atoms. The molecule has 0 saturated carbocycles. The molecule has 31 heavy (non-hydrogen) atoms. The van der Waals surface area contributed by atoms with E-state index in [4.69, 9.17) is 5.73 Å². The second-order valence-corrected chi connectivity index (χ2v) is 8.91. The summed E-state index contributed by atoms with van der Waals surface area (Å²) in [6.45, 7) is 1.57. The molecule has 0 fully saturated rings. The molecule has 160 valence electrons. The third-order valence-corrected chi connectivity index (χ3v) is 6.49. The van der Waals surface area contributed by atoms with Crippen molar-refractivity contribution in [1.82, 2.24) is 8.54 Å². The van der Waals surface area contributed by atoms with Crippen LogP contribution >= 0.6 is 0 Å². The van der Waals surface area contributed by atoms with Gasteiger partial charge in [-0.15, -0.1) is 0 Å². The van der Waals surface area contributed by atoms with Crippen LogP contribution in [-0.2, 0) is 17.1 Å². The number of hydrogen-bond donors (Lipinski definition) is 1. The number of carbonyl (C=O) groups is 2. The summed E-state index contributed by atoms with van der Waals surface area (Å²) in [5, 5.41) is 1.17. The highest BCUT2D eigenvalue weighted by Gasteiger charge is 2.16. The van der Waals surface area contributed by atoms with Gasteiger partial charge in [-0.3, -0.25) is 14.4 Å². The number of hydrogen-bond acceptors (Lipinski definition) is 5. The van der Waals surface area contributed by atoms with Gasteiger partial charge >= 0.3 is 0 Å². The molecule has 2 N–H and O–H groups in total. The van der Waals surface area contributed by atoms with Crippen LogP contribution in [-0.4, -0.2) is 34.9 Å². The molecule has 2 aromatic heterocycles. The zero-order valence-corrected chi connectivity index (χ0v) is 17.8. The van der Waals surface area contributed by atoms with Crippen LogP contribution in [0.2, 0.25) is 0 Å². The van der Waals surface area contributed by atoms with Gasteiger partial charge in [0.05, 0.1) is 16.8 Å². The van der Waals surface area contributed by atoms with Crippen LogP contribution in [0, 0.1) is 0 Å². The van der Waals surface area contributed by atoms with Crippen molar-refractivity contribution in [3.05, 3.63) is 82.3 Å². The van der Waals surface area contributed by atoms with Crippen LogP contribution in [0.3, 0.4) is 0 Å². The van der Waals surface area contributed by atoms with Gasteiger partial charge in [0.25, 0.3) is 5.91 Å². The summed E-state index contributed by atoms with van der Waals surface area (Å²) in [6.07, 6.45) is 3.51. The van der Waals surface area contributed by atoms with Crippen molar-refractivity contribution in [1.29, 1.82) is 0 Å². The van der Waals surface area contributed by atoms with Crippen molar-refractivity contribution >= 4 is 44.0 Å². The standard InChI is InChI=1S/C11H10N2O2.C11H11NO3S/c1-13-6-8(11(12)15)10(14)7-4-2-3-5-9(7)13;1-2-16(14,15)12-7-9(8-13)10-5-3-4-6-11(10)12/h2-6H,1H3,(H2,12,15);3-8H,2H2,1H3. The summed E-state index contributed by atoms with van der Waals surface area (Å²) in [5.41, 5.74) is 6.57. The van der Waals surface area contributed by atoms with Gasteiger partial charge in [-0.25, -0.2) is 12.4 Å². The number of primary amides is 1. The maximum atomic E-state index is 11.8. The van der Waals surface area contributed by atoms with Crippen molar-refractivity contribution in [3.63, 3.8) is 0 Å². The summed E-state index contributed by atoms with van der Waals surface area (Å²) in [4.78, 5) is 33.7. The van der Waals surface area contributed by atoms with E-state index in [9.17, 15) is 22.8 Å². The lowest BCUT2D eigenvalue weighted by molar-refractivity contribution is 0.0998. The van der Waals surface area contributed by atoms with Gasteiger partial charge < -0.3 is 10.3 Å². The smallest absolute Gasteiger partial charge is 0.254 e. The van der Waals surface area contributed by atoms with Crippen molar-refractivity contribution in [2.24, 2.45) is 12.8 Å². The number of pyridine rings is 1. The number of fused-ring (bicyclic) bond motifs is 2. The molecular formula is C22H21N3O5S. The summed E-state index contributed by atoms with van der Waals surface area (Å²) >= 11 is 0. The van der Waals surface area contributed by atoms with Gasteiger partial charge in [0.1, 0.15) is 5.56 Å². The Hall–Kier alpha value is -3.72. The minimum atomic E-state index is -3.36. The Kier molecular flexibility index (Phi) is 6.07. The number of aromatic nitrogens is 2. The van der Waals surface area contributed by atoms with Crippen LogP contribution in [0.25, 0.3) is 21.8 Å². The molecule has 4 aromatic rings. The molecule has 0 spiro atoms. The van der Waals surface area contributed by atoms with Crippen LogP contribution in [0.15, 0.2) is 65.7 Å². The van der Waals surface area contributed by atoms with Gasteiger partial charge in [-0.05, 0) is 25.1 Å². The number of carbonyl (C=O) groups excluding carboxylic acids is 2. The molecule has 2 heterocycles. The lowest BCUT2D eigenvalue weighted by Gasteiger charge is -2.06. The van der Waals surface area contributed by atoms with E-state index in [0.717, 1.165) is 5.52 Å². The van der Waals surface area contributed by atoms with Crippen LogP contribution in [0.1, 0.15) is 27.6 Å². The predicted molar refractivity (Wildman–Crippen MR) is 120 cm³/mol. The molecular weight excluding hydrogens is 418 g/mol. The Morgan fingerprint density at radius 2 is 1.58 bits per heavy atom. The van der Waals surface area contributed by atoms with Gasteiger partial charge in [-0.1, -0.05) is 30.3 Å². The Balaban J connectivity index is 0.000000176. The summed E-state index contributed by atoms with van der Waals surface area (Å²) in [7, 11) is -1.58. The second-order valence-electron chi connectivity index (χ2n) is 6.78. The monoisotopic (exact) mass is 439 g/mol. The molecule has 0 aliphatic rings. The molecule has 0 radical (unpaired) electrons. The van der Waals surface area contributed by atoms with E-state index in [1.54, 1.807) is 54.9 Å². The molecule has 1 amide bonds. The number of amides is 1. The third kappa shape index (κ3) is 4.13. The molecule has 0 atom stereocenters. The van der Waals surface area contributed by atoms with Gasteiger partial charge in [0.2, 0.25) is 15.5 Å². The lowest BCUT2D eigenvalue weighted by atomic mass is 10.1. The first-order chi connectivity index (χ1) is 14.7. The zero-order chi connectivity index (χ0) is 22.8. The number of benzene rings is 2. The first kappa shape index (κ1) is 22.0. The highest BCUT2D eigenvalue weighted by Crippen LogP contribution is 2.21. The largest absolute Gasteiger partial charge is 0.365 e. The maximum absolute atomic E-state index is 11.8. The van der Waals surface area contributed by atoms with Crippen molar-refractivity contribution in [2.45, 2.75) is 6.92 Å². The fourth-order valence-corrected chi connectivity index (χ4v) is 4.27. The molecule has 0 aliphatic carbocycles. The van der Waals surface area contributed by atoms with E-state index in [1.807, 2.05) is 12.1 Å². The molecule has 8 nitrogen and oxygen atoms in total. The van der Waals surface area contributed by atoms with Crippen molar-refractivity contribution in [3.8, 4) is 0 Å². The number of nitrogens with two attached hydrogens (primary N) is 1. The van der Waals surface area contributed by atoms with Crippen LogP contribution in [0.5, 0.6) is 0 Å². The van der Waals surface area contributed by atoms with Crippen molar-refractivity contribution in [2.75, 3.05) is 5.75 Å². The fourth-order valence-electron chi connectivity index (χ4n) is 3.25. The average Bonchev–Trinajstić information content (AvgIpc) is 3.16. The summed E-state index contributed by atoms with van der Waals surface area (Å²) in [6, 6.07) is 14.1. The molecule has 2 aromatic carbocycles. The molecule has 4 rings (SSSR count).